The fourth-order valence-electron chi connectivity index (χ4n) is 1.01. The monoisotopic (exact) mass is 181 g/mol. The van der Waals surface area contributed by atoms with Crippen molar-refractivity contribution in [1.29, 1.82) is 0 Å². The number of benzene rings is 1. The second kappa shape index (κ2) is 3.94. The summed E-state index contributed by atoms with van der Waals surface area (Å²) in [6.45, 7) is 3.13. The fourth-order valence-corrected chi connectivity index (χ4v) is 1.01. The molecule has 0 amide bonds. The third kappa shape index (κ3) is 2.21. The standard InChI is InChI=1S/C10H9F2N/c1-7(11)10(13-2)8-3-5-9(12)6-4-8/h3-6H,1H2,2H3. The van der Waals surface area contributed by atoms with E-state index in [9.17, 15) is 8.78 Å². The first kappa shape index (κ1) is 9.58. The first-order valence-corrected chi connectivity index (χ1v) is 3.72. The van der Waals surface area contributed by atoms with Gasteiger partial charge in [0.2, 0.25) is 0 Å². The Balaban J connectivity index is 3.07. The third-order valence-electron chi connectivity index (χ3n) is 1.60. The minimum Gasteiger partial charge on any atom is -0.285 e. The van der Waals surface area contributed by atoms with E-state index in [4.69, 9.17) is 0 Å². The molecule has 0 N–H and O–H groups in total. The molecule has 1 nitrogen and oxygen atoms in total. The normalized spacial score (nSPS) is 11.5. The largest absolute Gasteiger partial charge is 0.285 e. The Morgan fingerprint density at radius 3 is 2.23 bits per heavy atom. The van der Waals surface area contributed by atoms with Crippen LogP contribution in [0.4, 0.5) is 8.78 Å². The average Bonchev–Trinajstić information content (AvgIpc) is 2.09. The SMILES string of the molecule is C=C(F)C(=NC)c1ccc(F)cc1. The summed E-state index contributed by atoms with van der Waals surface area (Å²) < 4.78 is 25.2. The highest BCUT2D eigenvalue weighted by Crippen LogP contribution is 2.10. The molecule has 0 bridgehead atoms. The third-order valence-corrected chi connectivity index (χ3v) is 1.60. The van der Waals surface area contributed by atoms with Gasteiger partial charge in [-0.05, 0) is 24.3 Å². The van der Waals surface area contributed by atoms with E-state index in [1.165, 1.54) is 31.3 Å². The second-order valence-corrected chi connectivity index (χ2v) is 2.48. The lowest BCUT2D eigenvalue weighted by molar-refractivity contribution is 0.627. The van der Waals surface area contributed by atoms with E-state index in [2.05, 4.69) is 11.6 Å². The van der Waals surface area contributed by atoms with Crippen molar-refractivity contribution in [1.82, 2.24) is 0 Å². The van der Waals surface area contributed by atoms with Crippen molar-refractivity contribution in [3.8, 4) is 0 Å². The lowest BCUT2D eigenvalue weighted by Gasteiger charge is -2.01. The van der Waals surface area contributed by atoms with Gasteiger partial charge >= 0.3 is 0 Å². The van der Waals surface area contributed by atoms with Gasteiger partial charge in [0.25, 0.3) is 0 Å². The number of hydrogen-bond donors (Lipinski definition) is 0. The van der Waals surface area contributed by atoms with Gasteiger partial charge in [-0.2, -0.15) is 0 Å². The van der Waals surface area contributed by atoms with Crippen LogP contribution in [0.5, 0.6) is 0 Å². The molecule has 0 unspecified atom stereocenters. The van der Waals surface area contributed by atoms with Crippen LogP contribution in [-0.4, -0.2) is 12.8 Å². The first-order valence-electron chi connectivity index (χ1n) is 3.72. The molecule has 13 heavy (non-hydrogen) atoms. The van der Waals surface area contributed by atoms with Gasteiger partial charge in [-0.25, -0.2) is 8.78 Å². The van der Waals surface area contributed by atoms with Crippen LogP contribution in [0.2, 0.25) is 0 Å². The Morgan fingerprint density at radius 2 is 1.85 bits per heavy atom. The lowest BCUT2D eigenvalue weighted by Crippen LogP contribution is -2.00. The summed E-state index contributed by atoms with van der Waals surface area (Å²) in [7, 11) is 1.46. The minimum atomic E-state index is -0.617. The van der Waals surface area contributed by atoms with Crippen molar-refractivity contribution in [3.63, 3.8) is 0 Å². The molecule has 0 aliphatic heterocycles. The smallest absolute Gasteiger partial charge is 0.141 e. The Morgan fingerprint density at radius 1 is 1.31 bits per heavy atom. The number of nitrogens with zero attached hydrogens (tertiary/aromatic N) is 1. The van der Waals surface area contributed by atoms with Gasteiger partial charge in [-0.3, -0.25) is 4.99 Å². The maximum atomic E-state index is 12.7. The van der Waals surface area contributed by atoms with Crippen molar-refractivity contribution in [3.05, 3.63) is 48.1 Å². The number of aliphatic imine (C=N–C) groups is 1. The maximum absolute atomic E-state index is 12.7. The number of halogens is 2. The molecule has 0 aliphatic rings. The highest BCUT2D eigenvalue weighted by atomic mass is 19.1. The summed E-state index contributed by atoms with van der Waals surface area (Å²) in [5.74, 6) is -0.974. The molecule has 0 saturated carbocycles. The quantitative estimate of drug-likeness (QED) is 0.622. The predicted molar refractivity (Wildman–Crippen MR) is 49.1 cm³/mol. The Labute approximate surface area is 75.4 Å². The van der Waals surface area contributed by atoms with Crippen LogP contribution in [0, 0.1) is 5.82 Å². The summed E-state index contributed by atoms with van der Waals surface area (Å²) in [4.78, 5) is 3.71. The molecule has 1 aromatic carbocycles. The van der Waals surface area contributed by atoms with E-state index in [-0.39, 0.29) is 11.5 Å². The van der Waals surface area contributed by atoms with E-state index in [1.54, 1.807) is 0 Å². The van der Waals surface area contributed by atoms with Crippen molar-refractivity contribution >= 4 is 5.71 Å². The number of hydrogen-bond acceptors (Lipinski definition) is 1. The molecule has 3 heteroatoms. The minimum absolute atomic E-state index is 0.153. The molecule has 1 rings (SSSR count). The van der Waals surface area contributed by atoms with E-state index in [1.807, 2.05) is 0 Å². The molecular formula is C10H9F2N. The molecule has 68 valence electrons. The van der Waals surface area contributed by atoms with Gasteiger partial charge in [-0.15, -0.1) is 0 Å². The summed E-state index contributed by atoms with van der Waals surface area (Å²) >= 11 is 0. The van der Waals surface area contributed by atoms with E-state index < -0.39 is 5.83 Å². The van der Waals surface area contributed by atoms with Crippen LogP contribution in [0.1, 0.15) is 5.56 Å². The van der Waals surface area contributed by atoms with Crippen LogP contribution < -0.4 is 0 Å². The molecule has 0 aliphatic carbocycles. The van der Waals surface area contributed by atoms with E-state index in [0.29, 0.717) is 5.56 Å². The van der Waals surface area contributed by atoms with Crippen LogP contribution in [-0.2, 0) is 0 Å². The summed E-state index contributed by atoms with van der Waals surface area (Å²) in [6.07, 6.45) is 0. The predicted octanol–water partition coefficient (Wildman–Crippen LogP) is 2.73. The number of allylic oxidation sites excluding steroid dienone is 1. The lowest BCUT2D eigenvalue weighted by atomic mass is 10.1. The Hall–Kier alpha value is -1.51. The highest BCUT2D eigenvalue weighted by molar-refractivity contribution is 6.10. The average molecular weight is 181 g/mol. The zero-order valence-corrected chi connectivity index (χ0v) is 7.22. The van der Waals surface area contributed by atoms with Gasteiger partial charge in [0.1, 0.15) is 11.6 Å². The molecule has 0 radical (unpaired) electrons. The van der Waals surface area contributed by atoms with Gasteiger partial charge < -0.3 is 0 Å². The summed E-state index contributed by atoms with van der Waals surface area (Å²) in [5.41, 5.74) is 0.677. The van der Waals surface area contributed by atoms with Crippen molar-refractivity contribution in [2.24, 2.45) is 4.99 Å². The van der Waals surface area contributed by atoms with Crippen molar-refractivity contribution < 1.29 is 8.78 Å². The zero-order chi connectivity index (χ0) is 9.84. The maximum Gasteiger partial charge on any atom is 0.141 e. The molecule has 1 aromatic rings. The topological polar surface area (TPSA) is 12.4 Å². The van der Waals surface area contributed by atoms with E-state index in [0.717, 1.165) is 0 Å². The van der Waals surface area contributed by atoms with Crippen molar-refractivity contribution in [2.75, 3.05) is 7.05 Å². The van der Waals surface area contributed by atoms with Gasteiger partial charge in [-0.1, -0.05) is 6.58 Å². The van der Waals surface area contributed by atoms with Crippen molar-refractivity contribution in [2.45, 2.75) is 0 Å². The molecule has 0 heterocycles. The second-order valence-electron chi connectivity index (χ2n) is 2.48. The van der Waals surface area contributed by atoms with Crippen LogP contribution in [0.15, 0.2) is 41.7 Å². The summed E-state index contributed by atoms with van der Waals surface area (Å²) in [5, 5.41) is 0. The van der Waals surface area contributed by atoms with E-state index >= 15 is 0 Å². The van der Waals surface area contributed by atoms with Crippen LogP contribution >= 0.6 is 0 Å². The van der Waals surface area contributed by atoms with Crippen LogP contribution in [0.25, 0.3) is 0 Å². The molecule has 0 spiro atoms. The molecular weight excluding hydrogens is 172 g/mol. The van der Waals surface area contributed by atoms with Gasteiger partial charge in [0.05, 0.1) is 5.71 Å². The van der Waals surface area contributed by atoms with Gasteiger partial charge in [0, 0.05) is 12.6 Å². The fraction of sp³-hybridized carbons (Fsp3) is 0.100. The first-order chi connectivity index (χ1) is 6.15. The Bertz CT molecular complexity index is 338. The zero-order valence-electron chi connectivity index (χ0n) is 7.22. The molecule has 0 fully saturated rings. The van der Waals surface area contributed by atoms with Crippen LogP contribution in [0.3, 0.4) is 0 Å². The molecule has 0 atom stereocenters. The number of rotatable bonds is 2. The molecule has 0 saturated heterocycles. The summed E-state index contributed by atoms with van der Waals surface area (Å²) in [6, 6.07) is 5.43. The highest BCUT2D eigenvalue weighted by Gasteiger charge is 2.05. The van der Waals surface area contributed by atoms with Gasteiger partial charge in [0.15, 0.2) is 0 Å². The Kier molecular flexibility index (Phi) is 2.90. The molecule has 0 aromatic heterocycles.